The summed E-state index contributed by atoms with van der Waals surface area (Å²) in [6.45, 7) is 8.89. The Hall–Kier alpha value is -1.14. The molecule has 5 N–H and O–H groups in total. The Morgan fingerprint density at radius 1 is 1.56 bits per heavy atom. The minimum atomic E-state index is -0.500. The summed E-state index contributed by atoms with van der Waals surface area (Å²) in [5, 5.41) is 19.4. The van der Waals surface area contributed by atoms with E-state index in [0.29, 0.717) is 26.3 Å². The van der Waals surface area contributed by atoms with E-state index in [1.165, 1.54) is 0 Å². The van der Waals surface area contributed by atoms with Gasteiger partial charge in [0.25, 0.3) is 0 Å². The van der Waals surface area contributed by atoms with Crippen LogP contribution in [0.3, 0.4) is 0 Å². The summed E-state index contributed by atoms with van der Waals surface area (Å²) >= 11 is 0. The second-order valence-electron chi connectivity index (χ2n) is 4.35. The third-order valence-electron chi connectivity index (χ3n) is 2.39. The molecule has 106 valence electrons. The average Bonchev–Trinajstić information content (AvgIpc) is 2.30. The third kappa shape index (κ3) is 11.3. The Morgan fingerprint density at radius 3 is 2.89 bits per heavy atom. The highest BCUT2D eigenvalue weighted by molar-refractivity contribution is 5.74. The van der Waals surface area contributed by atoms with E-state index in [9.17, 15) is 5.11 Å². The van der Waals surface area contributed by atoms with Gasteiger partial charge in [0.2, 0.25) is 0 Å². The quantitative estimate of drug-likeness (QED) is 0.178. The number of hydrogen-bond donors (Lipinski definition) is 4. The zero-order valence-corrected chi connectivity index (χ0v) is 11.3. The Balaban J connectivity index is 3.46. The van der Waals surface area contributed by atoms with Crippen LogP contribution in [0, 0.1) is 5.41 Å². The highest BCUT2D eigenvalue weighted by Crippen LogP contribution is 1.92. The molecule has 0 aromatic heterocycles. The molecule has 1 atom stereocenters. The first-order valence-electron chi connectivity index (χ1n) is 6.45. The lowest BCUT2D eigenvalue weighted by Gasteiger charge is -2.10. The monoisotopic (exact) mass is 259 g/mol. The zero-order chi connectivity index (χ0) is 13.8. The molecule has 0 spiro atoms. The number of rotatable bonds is 11. The van der Waals surface area contributed by atoms with Crippen LogP contribution < -0.4 is 11.1 Å². The Labute approximate surface area is 109 Å². The number of unbranched alkanes of at least 4 members (excludes halogenated alkanes) is 1. The molecule has 0 saturated heterocycles. The summed E-state index contributed by atoms with van der Waals surface area (Å²) in [6, 6.07) is 0. The van der Waals surface area contributed by atoms with Crippen molar-refractivity contribution in [2.45, 2.75) is 32.3 Å². The van der Waals surface area contributed by atoms with Crippen molar-refractivity contribution in [3.05, 3.63) is 0 Å². The SMILES string of the molecule is C=[N+](CCCNC(=N)N)CC(O)COCCCC. The van der Waals surface area contributed by atoms with Crippen molar-refractivity contribution in [1.29, 1.82) is 5.41 Å². The predicted octanol–water partition coefficient (Wildman–Crippen LogP) is -0.250. The van der Waals surface area contributed by atoms with E-state index in [4.69, 9.17) is 15.9 Å². The molecule has 0 aliphatic carbocycles. The summed E-state index contributed by atoms with van der Waals surface area (Å²) < 4.78 is 7.13. The fourth-order valence-corrected chi connectivity index (χ4v) is 1.43. The minimum Gasteiger partial charge on any atom is -0.384 e. The van der Waals surface area contributed by atoms with Crippen LogP contribution in [0.5, 0.6) is 0 Å². The van der Waals surface area contributed by atoms with Crippen molar-refractivity contribution in [1.82, 2.24) is 5.32 Å². The van der Waals surface area contributed by atoms with E-state index >= 15 is 0 Å². The van der Waals surface area contributed by atoms with E-state index in [-0.39, 0.29) is 5.96 Å². The molecule has 0 fully saturated rings. The molecule has 0 amide bonds. The van der Waals surface area contributed by atoms with E-state index in [0.717, 1.165) is 25.8 Å². The lowest BCUT2D eigenvalue weighted by molar-refractivity contribution is -0.529. The van der Waals surface area contributed by atoms with Crippen molar-refractivity contribution in [2.75, 3.05) is 32.8 Å². The molecule has 0 radical (unpaired) electrons. The van der Waals surface area contributed by atoms with Gasteiger partial charge in [-0.25, -0.2) is 4.58 Å². The van der Waals surface area contributed by atoms with Gasteiger partial charge < -0.3 is 20.9 Å². The van der Waals surface area contributed by atoms with Gasteiger partial charge in [0.1, 0.15) is 19.4 Å². The molecular formula is C12H27N4O2+. The Morgan fingerprint density at radius 2 is 2.28 bits per heavy atom. The fourth-order valence-electron chi connectivity index (χ4n) is 1.43. The van der Waals surface area contributed by atoms with Crippen LogP contribution in [0.1, 0.15) is 26.2 Å². The largest absolute Gasteiger partial charge is 0.384 e. The van der Waals surface area contributed by atoms with Gasteiger partial charge in [-0.1, -0.05) is 13.3 Å². The average molecular weight is 259 g/mol. The summed E-state index contributed by atoms with van der Waals surface area (Å²) in [7, 11) is 0. The number of ether oxygens (including phenoxy) is 1. The van der Waals surface area contributed by atoms with Crippen molar-refractivity contribution >= 4 is 12.7 Å². The standard InChI is InChI=1S/C12H27N4O2/c1-3-4-8-18-10-11(17)9-16(2)7-5-6-15-12(13)14/h11,17H,2-10H2,1H3,(H4,13,14,15)/q+1. The molecule has 0 aromatic rings. The van der Waals surface area contributed by atoms with E-state index in [1.807, 2.05) is 0 Å². The maximum atomic E-state index is 9.69. The van der Waals surface area contributed by atoms with Crippen LogP contribution in [-0.4, -0.2) is 61.3 Å². The smallest absolute Gasteiger partial charge is 0.185 e. The van der Waals surface area contributed by atoms with Crippen LogP contribution in [0.4, 0.5) is 0 Å². The molecule has 0 heterocycles. The van der Waals surface area contributed by atoms with Crippen LogP contribution in [0.2, 0.25) is 0 Å². The van der Waals surface area contributed by atoms with Crippen LogP contribution in [0.25, 0.3) is 0 Å². The molecule has 0 saturated carbocycles. The Kier molecular flexibility index (Phi) is 10.3. The molecule has 0 rings (SSSR count). The molecule has 0 aliphatic heterocycles. The maximum Gasteiger partial charge on any atom is 0.185 e. The Bertz CT molecular complexity index is 246. The maximum absolute atomic E-state index is 9.69. The highest BCUT2D eigenvalue weighted by atomic mass is 16.5. The van der Waals surface area contributed by atoms with E-state index in [2.05, 4.69) is 19.0 Å². The molecule has 18 heavy (non-hydrogen) atoms. The molecule has 6 nitrogen and oxygen atoms in total. The molecule has 0 aromatic carbocycles. The third-order valence-corrected chi connectivity index (χ3v) is 2.39. The topological polar surface area (TPSA) is 94.4 Å². The number of aliphatic hydroxyl groups is 1. The summed E-state index contributed by atoms with van der Waals surface area (Å²) in [6.07, 6.45) is 2.45. The minimum absolute atomic E-state index is 0.0185. The van der Waals surface area contributed by atoms with Gasteiger partial charge in [0.05, 0.1) is 6.61 Å². The zero-order valence-electron chi connectivity index (χ0n) is 11.3. The van der Waals surface area contributed by atoms with Gasteiger partial charge in [0, 0.05) is 19.6 Å². The highest BCUT2D eigenvalue weighted by Gasteiger charge is 2.11. The van der Waals surface area contributed by atoms with Gasteiger partial charge >= 0.3 is 0 Å². The normalized spacial score (nSPS) is 12.1. The summed E-state index contributed by atoms with van der Waals surface area (Å²) in [4.78, 5) is 0. The molecule has 6 heteroatoms. The van der Waals surface area contributed by atoms with Gasteiger partial charge in [-0.2, -0.15) is 0 Å². The number of hydrogen-bond acceptors (Lipinski definition) is 3. The molecular weight excluding hydrogens is 232 g/mol. The van der Waals surface area contributed by atoms with Crippen LogP contribution in [0.15, 0.2) is 0 Å². The van der Waals surface area contributed by atoms with Crippen molar-refractivity contribution in [3.8, 4) is 0 Å². The number of nitrogens with one attached hydrogen (secondary N) is 2. The predicted molar refractivity (Wildman–Crippen MR) is 73.4 cm³/mol. The molecule has 0 aliphatic rings. The van der Waals surface area contributed by atoms with Crippen molar-refractivity contribution in [3.63, 3.8) is 0 Å². The van der Waals surface area contributed by atoms with Crippen LogP contribution >= 0.6 is 0 Å². The lowest BCUT2D eigenvalue weighted by Crippen LogP contribution is -2.33. The number of nitrogens with zero attached hydrogens (tertiary/aromatic N) is 1. The first kappa shape index (κ1) is 16.9. The van der Waals surface area contributed by atoms with Gasteiger partial charge in [0.15, 0.2) is 12.5 Å². The second kappa shape index (κ2) is 11.0. The first-order chi connectivity index (χ1) is 8.56. The first-order valence-corrected chi connectivity index (χ1v) is 6.45. The van der Waals surface area contributed by atoms with E-state index < -0.39 is 6.10 Å². The van der Waals surface area contributed by atoms with Gasteiger partial charge in [-0.15, -0.1) is 0 Å². The van der Waals surface area contributed by atoms with E-state index in [1.54, 1.807) is 4.58 Å². The van der Waals surface area contributed by atoms with Crippen molar-refractivity contribution < 1.29 is 14.4 Å². The summed E-state index contributed by atoms with van der Waals surface area (Å²) in [5.41, 5.74) is 5.16. The second-order valence-corrected chi connectivity index (χ2v) is 4.35. The summed E-state index contributed by atoms with van der Waals surface area (Å²) in [5.74, 6) is -0.0185. The van der Waals surface area contributed by atoms with Crippen molar-refractivity contribution in [2.24, 2.45) is 5.73 Å². The van der Waals surface area contributed by atoms with Gasteiger partial charge in [-0.05, 0) is 6.42 Å². The van der Waals surface area contributed by atoms with Crippen LogP contribution in [-0.2, 0) is 4.74 Å². The molecule has 0 bridgehead atoms. The molecule has 1 unspecified atom stereocenters. The number of aliphatic hydroxyl groups excluding tert-OH is 1. The number of nitrogens with two attached hydrogens (primary N) is 1. The fraction of sp³-hybridized carbons (Fsp3) is 0.833. The lowest BCUT2D eigenvalue weighted by atomic mass is 10.3. The number of guanidine groups is 1. The van der Waals surface area contributed by atoms with Gasteiger partial charge in [-0.3, -0.25) is 5.41 Å².